The summed E-state index contributed by atoms with van der Waals surface area (Å²) in [5.41, 5.74) is -1.65. The fourth-order valence-corrected chi connectivity index (χ4v) is 4.85. The topological polar surface area (TPSA) is 210 Å². The number of carbonyl (C=O) groups excluding carboxylic acids is 5. The highest BCUT2D eigenvalue weighted by molar-refractivity contribution is 5.86. The molecule has 0 radical (unpaired) electrons. The number of H-pyrrole nitrogens is 1. The van der Waals surface area contributed by atoms with Crippen LogP contribution in [0.4, 0.5) is 4.79 Å². The Morgan fingerprint density at radius 3 is 2.13 bits per heavy atom. The molecule has 2 aromatic rings. The van der Waals surface area contributed by atoms with Crippen LogP contribution >= 0.6 is 0 Å². The minimum absolute atomic E-state index is 0.0237. The van der Waals surface area contributed by atoms with E-state index in [1.54, 1.807) is 51.1 Å². The fraction of sp³-hybridized carbons (Fsp3) is 0.516. The summed E-state index contributed by atoms with van der Waals surface area (Å²) in [5.74, 6) is -3.12. The second-order valence-electron chi connectivity index (χ2n) is 11.9. The third-order valence-corrected chi connectivity index (χ3v) is 6.73. The van der Waals surface area contributed by atoms with Crippen molar-refractivity contribution in [3.63, 3.8) is 0 Å². The maximum absolute atomic E-state index is 13.9. The van der Waals surface area contributed by atoms with Crippen LogP contribution in [-0.4, -0.2) is 82.1 Å². The van der Waals surface area contributed by atoms with Crippen LogP contribution in [-0.2, 0) is 49.3 Å². The van der Waals surface area contributed by atoms with Crippen molar-refractivity contribution in [2.45, 2.75) is 97.1 Å². The molecule has 2 amide bonds. The smallest absolute Gasteiger partial charge is 0.408 e. The van der Waals surface area contributed by atoms with Gasteiger partial charge in [0.15, 0.2) is 18.4 Å². The standard InChI is InChI=1S/C31H40N4O12/c1-16-14-35(29(41)34-26(16)39)28-25(45-19(4)38)24(44-18(3)37)23(46-28)22(15-43-17(2)36)32-27(40)21(13-20-11-9-8-10-12-20)33-30(42)47-31(5,6)7/h8-12,14,21-25,28H,13,15H2,1-7H3,(H,32,40)(H,33,42)(H,34,39,41). The molecular formula is C31H40N4O12. The molecule has 1 fully saturated rings. The van der Waals surface area contributed by atoms with Crippen molar-refractivity contribution in [1.82, 2.24) is 20.2 Å². The normalized spacial score (nSPS) is 20.3. The van der Waals surface area contributed by atoms with Crippen molar-refractivity contribution in [3.05, 3.63) is 68.5 Å². The fourth-order valence-electron chi connectivity index (χ4n) is 4.85. The molecule has 47 heavy (non-hydrogen) atoms. The zero-order valence-electron chi connectivity index (χ0n) is 27.2. The van der Waals surface area contributed by atoms with Crippen LogP contribution in [0.25, 0.3) is 0 Å². The van der Waals surface area contributed by atoms with Gasteiger partial charge in [0, 0.05) is 39.0 Å². The van der Waals surface area contributed by atoms with Gasteiger partial charge in [-0.1, -0.05) is 30.3 Å². The second-order valence-corrected chi connectivity index (χ2v) is 11.9. The van der Waals surface area contributed by atoms with Gasteiger partial charge in [0.2, 0.25) is 5.91 Å². The predicted molar refractivity (Wildman–Crippen MR) is 163 cm³/mol. The van der Waals surface area contributed by atoms with Gasteiger partial charge in [0.1, 0.15) is 24.4 Å². The molecule has 1 aromatic heterocycles. The van der Waals surface area contributed by atoms with Crippen molar-refractivity contribution < 1.29 is 47.7 Å². The Bertz CT molecular complexity index is 1580. The minimum atomic E-state index is -1.46. The van der Waals surface area contributed by atoms with Crippen molar-refractivity contribution in [2.75, 3.05) is 6.61 Å². The van der Waals surface area contributed by atoms with E-state index in [0.717, 1.165) is 25.3 Å². The zero-order valence-corrected chi connectivity index (χ0v) is 27.2. The number of hydrogen-bond acceptors (Lipinski definition) is 12. The number of amides is 2. The van der Waals surface area contributed by atoms with E-state index in [0.29, 0.717) is 5.56 Å². The van der Waals surface area contributed by atoms with E-state index in [2.05, 4.69) is 15.6 Å². The highest BCUT2D eigenvalue weighted by atomic mass is 16.6. The van der Waals surface area contributed by atoms with Crippen LogP contribution in [0.5, 0.6) is 0 Å². The Morgan fingerprint density at radius 1 is 0.936 bits per heavy atom. The summed E-state index contributed by atoms with van der Waals surface area (Å²) in [4.78, 5) is 90.0. The van der Waals surface area contributed by atoms with Gasteiger partial charge in [-0.05, 0) is 33.3 Å². The predicted octanol–water partition coefficient (Wildman–Crippen LogP) is 0.790. The molecule has 0 aliphatic carbocycles. The lowest BCUT2D eigenvalue weighted by molar-refractivity contribution is -0.166. The quantitative estimate of drug-likeness (QED) is 0.226. The summed E-state index contributed by atoms with van der Waals surface area (Å²) in [6.45, 7) is 9.19. The largest absolute Gasteiger partial charge is 0.464 e. The van der Waals surface area contributed by atoms with Crippen molar-refractivity contribution in [2.24, 2.45) is 0 Å². The molecule has 1 saturated heterocycles. The number of aromatic nitrogens is 2. The summed E-state index contributed by atoms with van der Waals surface area (Å²) >= 11 is 0. The van der Waals surface area contributed by atoms with Crippen molar-refractivity contribution in [1.29, 1.82) is 0 Å². The molecule has 6 unspecified atom stereocenters. The summed E-state index contributed by atoms with van der Waals surface area (Å²) < 4.78 is 28.7. The molecule has 1 aromatic carbocycles. The lowest BCUT2D eigenvalue weighted by Crippen LogP contribution is -2.57. The van der Waals surface area contributed by atoms with Gasteiger partial charge in [-0.2, -0.15) is 0 Å². The molecule has 16 nitrogen and oxygen atoms in total. The molecule has 0 bridgehead atoms. The first kappa shape index (κ1) is 36.5. The minimum Gasteiger partial charge on any atom is -0.464 e. The Labute approximate surface area is 270 Å². The molecular weight excluding hydrogens is 620 g/mol. The summed E-state index contributed by atoms with van der Waals surface area (Å²) in [6.07, 6.45) is -5.44. The summed E-state index contributed by atoms with van der Waals surface area (Å²) in [7, 11) is 0. The molecule has 16 heteroatoms. The maximum Gasteiger partial charge on any atom is 0.408 e. The van der Waals surface area contributed by atoms with Crippen LogP contribution in [0.15, 0.2) is 46.1 Å². The van der Waals surface area contributed by atoms with E-state index in [1.165, 1.54) is 13.1 Å². The Kier molecular flexibility index (Phi) is 12.1. The van der Waals surface area contributed by atoms with Crippen molar-refractivity contribution in [3.8, 4) is 0 Å². The Morgan fingerprint density at radius 2 is 1.55 bits per heavy atom. The average Bonchev–Trinajstić information content (AvgIpc) is 3.27. The van der Waals surface area contributed by atoms with Gasteiger partial charge in [0.05, 0.1) is 6.04 Å². The lowest BCUT2D eigenvalue weighted by atomic mass is 10.0. The molecule has 2 heterocycles. The monoisotopic (exact) mass is 660 g/mol. The third kappa shape index (κ3) is 10.5. The third-order valence-electron chi connectivity index (χ3n) is 6.73. The number of aryl methyl sites for hydroxylation is 1. The highest BCUT2D eigenvalue weighted by Gasteiger charge is 2.54. The number of hydrogen-bond donors (Lipinski definition) is 3. The number of nitrogens with one attached hydrogen (secondary N) is 3. The molecule has 1 aliphatic heterocycles. The number of carbonyl (C=O) groups is 5. The zero-order chi connectivity index (χ0) is 35.1. The number of rotatable bonds is 11. The van der Waals surface area contributed by atoms with Gasteiger partial charge in [-0.15, -0.1) is 0 Å². The van der Waals surface area contributed by atoms with E-state index in [1.807, 2.05) is 0 Å². The molecule has 3 rings (SSSR count). The number of nitrogens with zero attached hydrogens (tertiary/aromatic N) is 1. The molecule has 6 atom stereocenters. The van der Waals surface area contributed by atoms with E-state index in [-0.39, 0.29) is 12.0 Å². The number of ether oxygens (including phenoxy) is 5. The van der Waals surface area contributed by atoms with Crippen LogP contribution in [0.3, 0.4) is 0 Å². The molecule has 0 spiro atoms. The molecule has 256 valence electrons. The van der Waals surface area contributed by atoms with E-state index >= 15 is 0 Å². The number of benzene rings is 1. The van der Waals surface area contributed by atoms with Crippen LogP contribution in [0.1, 0.15) is 58.9 Å². The van der Waals surface area contributed by atoms with Crippen LogP contribution < -0.4 is 21.9 Å². The Hall–Kier alpha value is -4.99. The lowest BCUT2D eigenvalue weighted by Gasteiger charge is -2.30. The number of aromatic amines is 1. The Balaban J connectivity index is 2.05. The molecule has 1 aliphatic rings. The first-order chi connectivity index (χ1) is 21.9. The van der Waals surface area contributed by atoms with E-state index < -0.39 is 90.0 Å². The number of alkyl carbamates (subject to hydrolysis) is 1. The van der Waals surface area contributed by atoms with Gasteiger partial charge in [-0.25, -0.2) is 9.59 Å². The van der Waals surface area contributed by atoms with E-state index in [9.17, 15) is 33.6 Å². The first-order valence-electron chi connectivity index (χ1n) is 14.7. The van der Waals surface area contributed by atoms with Crippen molar-refractivity contribution >= 4 is 29.9 Å². The van der Waals surface area contributed by atoms with Gasteiger partial charge < -0.3 is 34.3 Å². The number of esters is 3. The summed E-state index contributed by atoms with van der Waals surface area (Å²) in [5, 5.41) is 5.26. The second kappa shape index (κ2) is 15.5. The SMILES string of the molecule is CC(=O)OCC(NC(=O)C(Cc1ccccc1)NC(=O)OC(C)(C)C)C1OC(n2cc(C)c(=O)[nH]c2=O)C(OC(C)=O)C1OC(C)=O. The van der Waals surface area contributed by atoms with Crippen LogP contribution in [0, 0.1) is 6.92 Å². The highest BCUT2D eigenvalue weighted by Crippen LogP contribution is 2.35. The summed E-state index contributed by atoms with van der Waals surface area (Å²) in [6, 6.07) is 6.29. The van der Waals surface area contributed by atoms with Crippen LogP contribution in [0.2, 0.25) is 0 Å². The van der Waals surface area contributed by atoms with Gasteiger partial charge in [-0.3, -0.25) is 33.5 Å². The molecule has 3 N–H and O–H groups in total. The van der Waals surface area contributed by atoms with E-state index in [4.69, 9.17) is 23.7 Å². The van der Waals surface area contributed by atoms with Gasteiger partial charge >= 0.3 is 29.7 Å². The van der Waals surface area contributed by atoms with Gasteiger partial charge in [0.25, 0.3) is 5.56 Å². The molecule has 0 saturated carbocycles. The average molecular weight is 661 g/mol. The first-order valence-corrected chi connectivity index (χ1v) is 14.7. The maximum atomic E-state index is 13.9.